The van der Waals surface area contributed by atoms with E-state index >= 15 is 0 Å². The second-order valence-corrected chi connectivity index (χ2v) is 14.0. The number of anilines is 1. The maximum Gasteiger partial charge on any atom is 0.319 e. The first kappa shape index (κ1) is 36.2. The van der Waals surface area contributed by atoms with Crippen molar-refractivity contribution in [1.29, 1.82) is 0 Å². The quantitative estimate of drug-likeness (QED) is 0.383. The number of ether oxygens (including phenoxy) is 2. The number of aliphatic hydroxyl groups is 1. The van der Waals surface area contributed by atoms with E-state index in [-0.39, 0.29) is 48.2 Å². The highest BCUT2D eigenvalue weighted by Gasteiger charge is 2.32. The molecule has 2 aromatic carbocycles. The predicted octanol–water partition coefficient (Wildman–Crippen LogP) is 4.47. The van der Waals surface area contributed by atoms with E-state index in [0.29, 0.717) is 30.9 Å². The fraction of sp³-hybridized carbons (Fsp3) is 0.562. The molecule has 0 saturated carbocycles. The first-order valence-corrected chi connectivity index (χ1v) is 16.8. The molecule has 0 fully saturated rings. The number of nitrogens with zero attached hydrogens (tertiary/aromatic N) is 2. The molecule has 11 nitrogen and oxygen atoms in total. The lowest BCUT2D eigenvalue weighted by Gasteiger charge is -2.35. The average molecular weight is 651 g/mol. The highest BCUT2D eigenvalue weighted by molar-refractivity contribution is 7.89. The zero-order chi connectivity index (χ0) is 33.3. The average Bonchev–Trinajstić information content (AvgIpc) is 2.98. The standard InChI is InChI=1S/C32H47FN4O7S/c1-21(2)34-32(40)35-26-12-15-29-28(17-26)31(39)37(23(4)20-38)18-22(3)30(43-16-8-7-9-24(5)44-29)19-36(6)45(41,42)27-13-10-25(33)11-14-27/h10-15,17,21-24,30,38H,7-9,16,18-20H2,1-6H3,(H2,34,35,40)/t22-,23-,24-,30+/m0/s1. The molecular formula is C32H47FN4O7S. The number of rotatable bonds is 8. The van der Waals surface area contributed by atoms with Gasteiger partial charge in [-0.05, 0) is 89.4 Å². The third-order valence-corrected chi connectivity index (χ3v) is 9.53. The van der Waals surface area contributed by atoms with Gasteiger partial charge in [-0.1, -0.05) is 6.92 Å². The van der Waals surface area contributed by atoms with Gasteiger partial charge >= 0.3 is 6.03 Å². The lowest BCUT2D eigenvalue weighted by Crippen LogP contribution is -2.48. The number of halogens is 1. The molecule has 3 amide bonds. The van der Waals surface area contributed by atoms with Crippen molar-refractivity contribution in [1.82, 2.24) is 14.5 Å². The number of benzene rings is 2. The molecule has 0 aromatic heterocycles. The summed E-state index contributed by atoms with van der Waals surface area (Å²) < 4.78 is 53.7. The Hall–Kier alpha value is -3.26. The number of nitrogens with one attached hydrogen (secondary N) is 2. The minimum absolute atomic E-state index is 0.00839. The van der Waals surface area contributed by atoms with Gasteiger partial charge < -0.3 is 30.1 Å². The molecule has 1 heterocycles. The van der Waals surface area contributed by atoms with Crippen LogP contribution in [0.4, 0.5) is 14.9 Å². The number of fused-ring (bicyclic) bond motifs is 1. The SMILES string of the molecule is CC(C)NC(=O)Nc1ccc2c(c1)C(=O)N([C@@H](C)CO)C[C@H](C)[C@@H](CN(C)S(=O)(=O)c1ccc(F)cc1)OCCCC[C@H](C)O2. The largest absolute Gasteiger partial charge is 0.490 e. The van der Waals surface area contributed by atoms with Crippen LogP contribution in [0.2, 0.25) is 0 Å². The second-order valence-electron chi connectivity index (χ2n) is 12.0. The summed E-state index contributed by atoms with van der Waals surface area (Å²) in [5.41, 5.74) is 0.623. The van der Waals surface area contributed by atoms with Gasteiger partial charge in [0.1, 0.15) is 11.6 Å². The Morgan fingerprint density at radius 3 is 2.47 bits per heavy atom. The van der Waals surface area contributed by atoms with Gasteiger partial charge in [-0.25, -0.2) is 17.6 Å². The monoisotopic (exact) mass is 650 g/mol. The minimum Gasteiger partial charge on any atom is -0.490 e. The summed E-state index contributed by atoms with van der Waals surface area (Å²) in [4.78, 5) is 28.1. The van der Waals surface area contributed by atoms with Crippen LogP contribution in [0.3, 0.4) is 0 Å². The third-order valence-electron chi connectivity index (χ3n) is 7.69. The van der Waals surface area contributed by atoms with Crippen molar-refractivity contribution in [3.05, 3.63) is 53.8 Å². The number of urea groups is 1. The van der Waals surface area contributed by atoms with E-state index in [0.717, 1.165) is 18.6 Å². The Morgan fingerprint density at radius 2 is 1.82 bits per heavy atom. The van der Waals surface area contributed by atoms with E-state index in [4.69, 9.17) is 9.47 Å². The van der Waals surface area contributed by atoms with Crippen LogP contribution in [0.25, 0.3) is 0 Å². The summed E-state index contributed by atoms with van der Waals surface area (Å²) in [5.74, 6) is -0.953. The second kappa shape index (κ2) is 16.3. The molecule has 0 spiro atoms. The number of sulfonamides is 1. The molecule has 0 aliphatic carbocycles. The maximum atomic E-state index is 14.2. The van der Waals surface area contributed by atoms with Gasteiger partial charge in [0.15, 0.2) is 0 Å². The van der Waals surface area contributed by atoms with Gasteiger partial charge in [0.25, 0.3) is 5.91 Å². The van der Waals surface area contributed by atoms with Crippen LogP contribution in [-0.4, -0.2) is 92.3 Å². The summed E-state index contributed by atoms with van der Waals surface area (Å²) in [6.45, 7) is 9.36. The van der Waals surface area contributed by atoms with Crippen LogP contribution >= 0.6 is 0 Å². The Bertz CT molecular complexity index is 1390. The van der Waals surface area contributed by atoms with E-state index in [1.165, 1.54) is 28.4 Å². The van der Waals surface area contributed by atoms with Crippen LogP contribution in [-0.2, 0) is 14.8 Å². The van der Waals surface area contributed by atoms with Crippen LogP contribution in [0.5, 0.6) is 5.75 Å². The molecule has 3 N–H and O–H groups in total. The topological polar surface area (TPSA) is 138 Å². The van der Waals surface area contributed by atoms with Crippen molar-refractivity contribution in [2.75, 3.05) is 38.7 Å². The van der Waals surface area contributed by atoms with E-state index in [2.05, 4.69) is 10.6 Å². The number of likely N-dealkylation sites (N-methyl/N-ethyl adjacent to an activating group) is 1. The first-order chi connectivity index (χ1) is 21.2. The number of hydrogen-bond acceptors (Lipinski definition) is 7. The Balaban J connectivity index is 1.96. The summed E-state index contributed by atoms with van der Waals surface area (Å²) in [6, 6.07) is 8.44. The molecule has 3 rings (SSSR count). The van der Waals surface area contributed by atoms with Crippen molar-refractivity contribution in [2.24, 2.45) is 5.92 Å². The van der Waals surface area contributed by atoms with Crippen molar-refractivity contribution in [3.63, 3.8) is 0 Å². The summed E-state index contributed by atoms with van der Waals surface area (Å²) in [5, 5.41) is 15.7. The summed E-state index contributed by atoms with van der Waals surface area (Å²) >= 11 is 0. The highest BCUT2D eigenvalue weighted by Crippen LogP contribution is 2.29. The molecule has 2 aromatic rings. The van der Waals surface area contributed by atoms with Gasteiger partial charge in [0.05, 0.1) is 35.3 Å². The first-order valence-electron chi connectivity index (χ1n) is 15.4. The number of carbonyl (C=O) groups is 2. The normalized spacial score (nSPS) is 21.1. The van der Waals surface area contributed by atoms with Crippen LogP contribution in [0, 0.1) is 11.7 Å². The van der Waals surface area contributed by atoms with E-state index in [1.807, 2.05) is 27.7 Å². The highest BCUT2D eigenvalue weighted by atomic mass is 32.2. The Labute approximate surface area is 266 Å². The number of aliphatic hydroxyl groups excluding tert-OH is 1. The predicted molar refractivity (Wildman–Crippen MR) is 170 cm³/mol. The van der Waals surface area contributed by atoms with Gasteiger partial charge in [0, 0.05) is 44.4 Å². The Morgan fingerprint density at radius 1 is 1.13 bits per heavy atom. The number of carbonyl (C=O) groups excluding carboxylic acids is 2. The van der Waals surface area contributed by atoms with Gasteiger partial charge in [-0.3, -0.25) is 4.79 Å². The fourth-order valence-electron chi connectivity index (χ4n) is 5.03. The molecule has 1 aliphatic rings. The minimum atomic E-state index is -3.94. The molecule has 4 atom stereocenters. The van der Waals surface area contributed by atoms with Crippen molar-refractivity contribution in [3.8, 4) is 5.75 Å². The Kier molecular flexibility index (Phi) is 13.2. The molecule has 0 saturated heterocycles. The lowest BCUT2D eigenvalue weighted by atomic mass is 10.0. The smallest absolute Gasteiger partial charge is 0.319 e. The molecule has 13 heteroatoms. The zero-order valence-corrected chi connectivity index (χ0v) is 27.8. The molecule has 1 aliphatic heterocycles. The molecule has 45 heavy (non-hydrogen) atoms. The summed E-state index contributed by atoms with van der Waals surface area (Å²) in [7, 11) is -2.50. The summed E-state index contributed by atoms with van der Waals surface area (Å²) in [6.07, 6.45) is 1.34. The van der Waals surface area contributed by atoms with Crippen molar-refractivity contribution in [2.45, 2.75) is 83.1 Å². The molecule has 0 bridgehead atoms. The van der Waals surface area contributed by atoms with Gasteiger partial charge in [-0.2, -0.15) is 4.31 Å². The zero-order valence-electron chi connectivity index (χ0n) is 27.0. The molecular weight excluding hydrogens is 603 g/mol. The van der Waals surface area contributed by atoms with Crippen LogP contribution in [0.1, 0.15) is 64.2 Å². The molecule has 0 unspecified atom stereocenters. The molecule has 0 radical (unpaired) electrons. The van der Waals surface area contributed by atoms with E-state index in [9.17, 15) is 27.5 Å². The fourth-order valence-corrected chi connectivity index (χ4v) is 6.21. The number of hydrogen-bond donors (Lipinski definition) is 3. The van der Waals surface area contributed by atoms with Crippen LogP contribution in [0.15, 0.2) is 47.4 Å². The van der Waals surface area contributed by atoms with Crippen LogP contribution < -0.4 is 15.4 Å². The maximum absolute atomic E-state index is 14.2. The third kappa shape index (κ3) is 10.1. The van der Waals surface area contributed by atoms with Crippen molar-refractivity contribution >= 4 is 27.6 Å². The van der Waals surface area contributed by atoms with Crippen molar-refractivity contribution < 1.29 is 37.0 Å². The number of amides is 3. The molecule has 250 valence electrons. The van der Waals surface area contributed by atoms with E-state index in [1.54, 1.807) is 25.1 Å². The van der Waals surface area contributed by atoms with Gasteiger partial charge in [0.2, 0.25) is 10.0 Å². The van der Waals surface area contributed by atoms with Gasteiger partial charge in [-0.15, -0.1) is 0 Å². The van der Waals surface area contributed by atoms with E-state index < -0.39 is 39.9 Å². The lowest BCUT2D eigenvalue weighted by molar-refractivity contribution is -0.00834.